The highest BCUT2D eigenvalue weighted by atomic mass is 16.3. The second-order valence-corrected chi connectivity index (χ2v) is 5.44. The van der Waals surface area contributed by atoms with Gasteiger partial charge in [0.25, 0.3) is 0 Å². The lowest BCUT2D eigenvalue weighted by Crippen LogP contribution is -2.16. The maximum absolute atomic E-state index is 10.2. The maximum atomic E-state index is 10.2. The summed E-state index contributed by atoms with van der Waals surface area (Å²) >= 11 is 0. The van der Waals surface area contributed by atoms with Crippen LogP contribution in [0.2, 0.25) is 0 Å². The number of unbranched alkanes of at least 4 members (excludes halogenated alkanes) is 1. The molecule has 102 valence electrons. The molecule has 0 aromatic heterocycles. The third kappa shape index (κ3) is 5.22. The molecular weight excluding hydrogens is 220 g/mol. The van der Waals surface area contributed by atoms with Crippen molar-refractivity contribution in [3.63, 3.8) is 0 Å². The molecule has 1 rings (SSSR count). The molecule has 0 bridgehead atoms. The van der Waals surface area contributed by atoms with Crippen molar-refractivity contribution in [1.29, 1.82) is 0 Å². The van der Waals surface area contributed by atoms with Crippen LogP contribution in [0.3, 0.4) is 0 Å². The van der Waals surface area contributed by atoms with Crippen LogP contribution >= 0.6 is 0 Å². The smallest absolute Gasteiger partial charge is 0.0583 e. The molecule has 0 radical (unpaired) electrons. The minimum absolute atomic E-state index is 0.187. The Hall–Kier alpha value is -0.820. The van der Waals surface area contributed by atoms with Crippen LogP contribution < -0.4 is 0 Å². The van der Waals surface area contributed by atoms with Gasteiger partial charge >= 0.3 is 0 Å². The first kappa shape index (κ1) is 15.2. The van der Waals surface area contributed by atoms with Gasteiger partial charge in [0.05, 0.1) is 6.10 Å². The second-order valence-electron chi connectivity index (χ2n) is 5.44. The van der Waals surface area contributed by atoms with Crippen LogP contribution in [0.4, 0.5) is 0 Å². The van der Waals surface area contributed by atoms with Crippen LogP contribution in [-0.4, -0.2) is 11.2 Å². The molecule has 0 fully saturated rings. The van der Waals surface area contributed by atoms with Gasteiger partial charge in [-0.25, -0.2) is 0 Å². The second kappa shape index (κ2) is 8.31. The van der Waals surface area contributed by atoms with Gasteiger partial charge in [-0.3, -0.25) is 0 Å². The molecule has 2 unspecified atom stereocenters. The van der Waals surface area contributed by atoms with Crippen molar-refractivity contribution < 1.29 is 5.11 Å². The summed E-state index contributed by atoms with van der Waals surface area (Å²) in [5.74, 6) is 0.684. The Morgan fingerprint density at radius 3 is 2.50 bits per heavy atom. The Kier molecular flexibility index (Phi) is 7.04. The summed E-state index contributed by atoms with van der Waals surface area (Å²) in [6, 6.07) is 8.37. The highest BCUT2D eigenvalue weighted by molar-refractivity contribution is 5.26. The summed E-state index contributed by atoms with van der Waals surface area (Å²) in [5.41, 5.74) is 2.58. The molecule has 0 spiro atoms. The van der Waals surface area contributed by atoms with Crippen molar-refractivity contribution in [2.24, 2.45) is 5.92 Å². The fourth-order valence-corrected chi connectivity index (χ4v) is 2.54. The molecule has 2 atom stereocenters. The first-order valence-corrected chi connectivity index (χ1v) is 7.39. The Morgan fingerprint density at radius 2 is 1.89 bits per heavy atom. The van der Waals surface area contributed by atoms with Crippen LogP contribution in [0.15, 0.2) is 24.3 Å². The highest BCUT2D eigenvalue weighted by Crippen LogP contribution is 2.21. The molecule has 0 aliphatic carbocycles. The molecule has 0 saturated carbocycles. The van der Waals surface area contributed by atoms with Gasteiger partial charge in [0.15, 0.2) is 0 Å². The number of benzene rings is 1. The van der Waals surface area contributed by atoms with Crippen LogP contribution in [-0.2, 0) is 6.42 Å². The monoisotopic (exact) mass is 248 g/mol. The Bertz CT molecular complexity index is 332. The third-order valence-electron chi connectivity index (χ3n) is 3.87. The van der Waals surface area contributed by atoms with E-state index in [0.717, 1.165) is 12.8 Å². The van der Waals surface area contributed by atoms with Crippen molar-refractivity contribution in [3.8, 4) is 0 Å². The fourth-order valence-electron chi connectivity index (χ4n) is 2.54. The van der Waals surface area contributed by atoms with E-state index in [0.29, 0.717) is 5.92 Å². The predicted octanol–water partition coefficient (Wildman–Crippen LogP) is 4.50. The number of hydrogen-bond acceptors (Lipinski definition) is 1. The molecule has 1 heteroatoms. The van der Waals surface area contributed by atoms with Crippen molar-refractivity contribution in [3.05, 3.63) is 35.4 Å². The molecular formula is C17H28O. The van der Waals surface area contributed by atoms with Crippen LogP contribution in [0.1, 0.15) is 57.1 Å². The van der Waals surface area contributed by atoms with E-state index in [1.807, 2.05) is 0 Å². The molecule has 0 amide bonds. The molecule has 0 saturated heterocycles. The average Bonchev–Trinajstić information content (AvgIpc) is 2.37. The van der Waals surface area contributed by atoms with Gasteiger partial charge < -0.3 is 5.11 Å². The number of aliphatic hydroxyl groups excluding tert-OH is 1. The van der Waals surface area contributed by atoms with Gasteiger partial charge in [-0.2, -0.15) is 0 Å². The average molecular weight is 248 g/mol. The van der Waals surface area contributed by atoms with Crippen molar-refractivity contribution in [2.45, 2.75) is 65.4 Å². The molecule has 1 N–H and O–H groups in total. The Balaban J connectivity index is 2.45. The van der Waals surface area contributed by atoms with Gasteiger partial charge in [-0.1, -0.05) is 63.8 Å². The summed E-state index contributed by atoms with van der Waals surface area (Å²) in [6.45, 7) is 6.59. The van der Waals surface area contributed by atoms with Crippen LogP contribution in [0.5, 0.6) is 0 Å². The zero-order valence-electron chi connectivity index (χ0n) is 12.2. The van der Waals surface area contributed by atoms with E-state index in [9.17, 15) is 5.11 Å². The summed E-state index contributed by atoms with van der Waals surface area (Å²) in [7, 11) is 0. The molecule has 1 aromatic carbocycles. The van der Waals surface area contributed by atoms with Crippen LogP contribution in [0.25, 0.3) is 0 Å². The number of rotatable bonds is 8. The van der Waals surface area contributed by atoms with E-state index < -0.39 is 0 Å². The van der Waals surface area contributed by atoms with Gasteiger partial charge in [0, 0.05) is 0 Å². The third-order valence-corrected chi connectivity index (χ3v) is 3.87. The van der Waals surface area contributed by atoms with E-state index >= 15 is 0 Å². The SMILES string of the molecule is CCCCC(CC)CC(O)Cc1ccccc1C. The van der Waals surface area contributed by atoms with Crippen molar-refractivity contribution in [1.82, 2.24) is 0 Å². The van der Waals surface area contributed by atoms with Gasteiger partial charge in [-0.05, 0) is 36.8 Å². The summed E-state index contributed by atoms with van der Waals surface area (Å²) in [6.07, 6.45) is 6.55. The molecule has 0 heterocycles. The van der Waals surface area contributed by atoms with E-state index in [4.69, 9.17) is 0 Å². The first-order valence-electron chi connectivity index (χ1n) is 7.39. The van der Waals surface area contributed by atoms with Gasteiger partial charge in [0.2, 0.25) is 0 Å². The molecule has 0 aliphatic heterocycles. The minimum atomic E-state index is -0.187. The molecule has 1 nitrogen and oxygen atoms in total. The van der Waals surface area contributed by atoms with Gasteiger partial charge in [-0.15, -0.1) is 0 Å². The minimum Gasteiger partial charge on any atom is -0.393 e. The summed E-state index contributed by atoms with van der Waals surface area (Å²) in [4.78, 5) is 0. The van der Waals surface area contributed by atoms with E-state index in [2.05, 4.69) is 45.0 Å². The lowest BCUT2D eigenvalue weighted by molar-refractivity contribution is 0.137. The standard InChI is InChI=1S/C17H28O/c1-4-6-10-15(5-2)12-17(18)13-16-11-8-7-9-14(16)3/h7-9,11,15,17-18H,4-6,10,12-13H2,1-3H3. The topological polar surface area (TPSA) is 20.2 Å². The highest BCUT2D eigenvalue weighted by Gasteiger charge is 2.13. The number of aliphatic hydroxyl groups is 1. The summed E-state index contributed by atoms with van der Waals surface area (Å²) in [5, 5.41) is 10.2. The lowest BCUT2D eigenvalue weighted by atomic mass is 9.90. The van der Waals surface area contributed by atoms with E-state index in [-0.39, 0.29) is 6.10 Å². The van der Waals surface area contributed by atoms with E-state index in [1.165, 1.54) is 36.8 Å². The number of hydrogen-bond donors (Lipinski definition) is 1. The zero-order chi connectivity index (χ0) is 13.4. The maximum Gasteiger partial charge on any atom is 0.0583 e. The van der Waals surface area contributed by atoms with Crippen molar-refractivity contribution in [2.75, 3.05) is 0 Å². The van der Waals surface area contributed by atoms with Crippen LogP contribution in [0, 0.1) is 12.8 Å². The molecule has 0 aliphatic rings. The lowest BCUT2D eigenvalue weighted by Gasteiger charge is -2.19. The summed E-state index contributed by atoms with van der Waals surface area (Å²) < 4.78 is 0. The fraction of sp³-hybridized carbons (Fsp3) is 0.647. The van der Waals surface area contributed by atoms with Crippen molar-refractivity contribution >= 4 is 0 Å². The quantitative estimate of drug-likeness (QED) is 0.718. The molecule has 1 aromatic rings. The van der Waals surface area contributed by atoms with E-state index in [1.54, 1.807) is 0 Å². The largest absolute Gasteiger partial charge is 0.393 e. The van der Waals surface area contributed by atoms with Gasteiger partial charge in [0.1, 0.15) is 0 Å². The normalized spacial score (nSPS) is 14.4. The molecule has 18 heavy (non-hydrogen) atoms. The Labute approximate surface area is 112 Å². The predicted molar refractivity (Wildman–Crippen MR) is 78.8 cm³/mol. The first-order chi connectivity index (χ1) is 8.67. The zero-order valence-corrected chi connectivity index (χ0v) is 12.2. The number of aryl methyl sites for hydroxylation is 1. The Morgan fingerprint density at radius 1 is 1.17 bits per heavy atom.